The van der Waals surface area contributed by atoms with Crippen LogP contribution < -0.4 is 0 Å². The summed E-state index contributed by atoms with van der Waals surface area (Å²) in [6.45, 7) is 4.27. The van der Waals surface area contributed by atoms with Gasteiger partial charge < -0.3 is 14.4 Å². The van der Waals surface area contributed by atoms with Gasteiger partial charge in [0.25, 0.3) is 0 Å². The maximum Gasteiger partial charge on any atom is 0.226 e. The van der Waals surface area contributed by atoms with Gasteiger partial charge in [0.15, 0.2) is 0 Å². The number of hydrogen-bond acceptors (Lipinski definition) is 3. The Hall–Kier alpha value is -0.870. The highest BCUT2D eigenvalue weighted by Gasteiger charge is 2.44. The molecule has 3 rings (SSSR count). The lowest BCUT2D eigenvalue weighted by molar-refractivity contribution is -0.137. The van der Waals surface area contributed by atoms with Crippen molar-refractivity contribution in [2.45, 2.75) is 51.4 Å². The van der Waals surface area contributed by atoms with Gasteiger partial charge in [0.1, 0.15) is 0 Å². The standard InChI is InChI=1S/C19H31NO3/c1-22-14-17-15-23-12-9-19(17)7-10-20(11-8-19)18(21)13-16-5-3-2-4-6-16/h5,17H,2-4,6-15H2,1H3/t17-/m1/s1. The Kier molecular flexibility index (Phi) is 5.76. The molecule has 0 aromatic heterocycles. The van der Waals surface area contributed by atoms with Gasteiger partial charge >= 0.3 is 0 Å². The number of methoxy groups -OCH3 is 1. The summed E-state index contributed by atoms with van der Waals surface area (Å²) in [7, 11) is 1.78. The van der Waals surface area contributed by atoms with E-state index in [1.54, 1.807) is 7.11 Å². The molecule has 0 bridgehead atoms. The van der Waals surface area contributed by atoms with Gasteiger partial charge in [0.05, 0.1) is 13.2 Å². The molecule has 4 nitrogen and oxygen atoms in total. The second kappa shape index (κ2) is 7.80. The first-order valence-corrected chi connectivity index (χ1v) is 9.26. The molecule has 0 saturated carbocycles. The van der Waals surface area contributed by atoms with Crippen LogP contribution in [0.15, 0.2) is 11.6 Å². The van der Waals surface area contributed by atoms with Gasteiger partial charge in [-0.2, -0.15) is 0 Å². The fraction of sp³-hybridized carbons (Fsp3) is 0.842. The number of allylic oxidation sites excluding steroid dienone is 1. The minimum atomic E-state index is 0.329. The Morgan fingerprint density at radius 1 is 1.35 bits per heavy atom. The maximum absolute atomic E-state index is 12.6. The molecule has 1 aliphatic carbocycles. The van der Waals surface area contributed by atoms with E-state index in [0.717, 1.165) is 65.0 Å². The van der Waals surface area contributed by atoms with Gasteiger partial charge in [-0.1, -0.05) is 11.6 Å². The van der Waals surface area contributed by atoms with Crippen LogP contribution in [0.1, 0.15) is 51.4 Å². The van der Waals surface area contributed by atoms with Crippen molar-refractivity contribution in [1.82, 2.24) is 4.90 Å². The van der Waals surface area contributed by atoms with E-state index in [9.17, 15) is 4.79 Å². The van der Waals surface area contributed by atoms with Crippen molar-refractivity contribution in [2.24, 2.45) is 11.3 Å². The second-order valence-corrected chi connectivity index (χ2v) is 7.51. The monoisotopic (exact) mass is 321 g/mol. The molecule has 3 aliphatic rings. The zero-order valence-corrected chi connectivity index (χ0v) is 14.5. The molecular weight excluding hydrogens is 290 g/mol. The molecule has 0 unspecified atom stereocenters. The van der Waals surface area contributed by atoms with Gasteiger partial charge in [-0.3, -0.25) is 4.79 Å². The molecule has 0 aromatic carbocycles. The van der Waals surface area contributed by atoms with Crippen LogP contribution in [0.2, 0.25) is 0 Å². The summed E-state index contributed by atoms with van der Waals surface area (Å²) < 4.78 is 11.1. The maximum atomic E-state index is 12.6. The third-order valence-electron chi connectivity index (χ3n) is 6.17. The third-order valence-corrected chi connectivity index (χ3v) is 6.17. The first kappa shape index (κ1) is 17.0. The Labute approximate surface area is 140 Å². The lowest BCUT2D eigenvalue weighted by Gasteiger charge is -2.49. The number of rotatable bonds is 4. The van der Waals surface area contributed by atoms with E-state index in [0.29, 0.717) is 23.7 Å². The van der Waals surface area contributed by atoms with E-state index in [1.165, 1.54) is 18.4 Å². The zero-order valence-electron chi connectivity index (χ0n) is 14.5. The molecule has 2 heterocycles. The van der Waals surface area contributed by atoms with Gasteiger partial charge in [-0.05, 0) is 50.4 Å². The van der Waals surface area contributed by atoms with Crippen LogP contribution in [-0.2, 0) is 14.3 Å². The van der Waals surface area contributed by atoms with Crippen LogP contribution in [0, 0.1) is 11.3 Å². The molecule has 1 atom stereocenters. The lowest BCUT2D eigenvalue weighted by Crippen LogP contribution is -2.50. The summed E-state index contributed by atoms with van der Waals surface area (Å²) in [6.07, 6.45) is 11.1. The summed E-state index contributed by atoms with van der Waals surface area (Å²) in [5.41, 5.74) is 1.69. The lowest BCUT2D eigenvalue weighted by atomic mass is 9.66. The minimum absolute atomic E-state index is 0.329. The largest absolute Gasteiger partial charge is 0.384 e. The summed E-state index contributed by atoms with van der Waals surface area (Å²) in [4.78, 5) is 14.7. The fourth-order valence-corrected chi connectivity index (χ4v) is 4.54. The van der Waals surface area contributed by atoms with Crippen LogP contribution in [0.4, 0.5) is 0 Å². The summed E-state index contributed by atoms with van der Waals surface area (Å²) in [6, 6.07) is 0. The van der Waals surface area contributed by atoms with Crippen LogP contribution in [0.5, 0.6) is 0 Å². The van der Waals surface area contributed by atoms with Crippen molar-refractivity contribution < 1.29 is 14.3 Å². The van der Waals surface area contributed by atoms with Crippen molar-refractivity contribution in [1.29, 1.82) is 0 Å². The second-order valence-electron chi connectivity index (χ2n) is 7.51. The molecule has 2 aliphatic heterocycles. The molecule has 23 heavy (non-hydrogen) atoms. The number of hydrogen-bond donors (Lipinski definition) is 0. The number of piperidine rings is 1. The zero-order chi connectivity index (χ0) is 16.1. The smallest absolute Gasteiger partial charge is 0.226 e. The Bertz CT molecular complexity index is 436. The molecule has 1 spiro atoms. The van der Waals surface area contributed by atoms with Gasteiger partial charge in [-0.25, -0.2) is 0 Å². The Morgan fingerprint density at radius 3 is 2.87 bits per heavy atom. The van der Waals surface area contributed by atoms with Crippen LogP contribution in [0.3, 0.4) is 0 Å². The molecule has 2 saturated heterocycles. The minimum Gasteiger partial charge on any atom is -0.384 e. The van der Waals surface area contributed by atoms with E-state index in [2.05, 4.69) is 11.0 Å². The normalized spacial score (nSPS) is 27.8. The van der Waals surface area contributed by atoms with Crippen LogP contribution >= 0.6 is 0 Å². The van der Waals surface area contributed by atoms with Gasteiger partial charge in [0, 0.05) is 39.1 Å². The number of nitrogens with zero attached hydrogens (tertiary/aromatic N) is 1. The average molecular weight is 321 g/mol. The Balaban J connectivity index is 1.54. The number of likely N-dealkylation sites (tertiary alicyclic amines) is 1. The highest BCUT2D eigenvalue weighted by molar-refractivity contribution is 5.78. The van der Waals surface area contributed by atoms with Crippen molar-refractivity contribution in [3.05, 3.63) is 11.6 Å². The van der Waals surface area contributed by atoms with Crippen LogP contribution in [0.25, 0.3) is 0 Å². The highest BCUT2D eigenvalue weighted by Crippen LogP contribution is 2.44. The SMILES string of the molecule is COC[C@@H]1COCCC12CCN(C(=O)CC1=CCCCC1)CC2. The summed E-state index contributed by atoms with van der Waals surface area (Å²) in [5.74, 6) is 0.822. The fourth-order valence-electron chi connectivity index (χ4n) is 4.54. The first-order chi connectivity index (χ1) is 11.2. The predicted octanol–water partition coefficient (Wildman–Crippen LogP) is 3.17. The summed E-state index contributed by atoms with van der Waals surface area (Å²) >= 11 is 0. The third kappa shape index (κ3) is 3.97. The highest BCUT2D eigenvalue weighted by atomic mass is 16.5. The van der Waals surface area contributed by atoms with Crippen molar-refractivity contribution in [2.75, 3.05) is 40.0 Å². The topological polar surface area (TPSA) is 38.8 Å². The number of ether oxygens (including phenoxy) is 2. The number of amides is 1. The molecule has 0 radical (unpaired) electrons. The molecule has 130 valence electrons. The van der Waals surface area contributed by atoms with E-state index < -0.39 is 0 Å². The predicted molar refractivity (Wildman–Crippen MR) is 90.2 cm³/mol. The quantitative estimate of drug-likeness (QED) is 0.747. The van der Waals surface area contributed by atoms with E-state index >= 15 is 0 Å². The van der Waals surface area contributed by atoms with E-state index in [-0.39, 0.29) is 0 Å². The molecule has 1 amide bonds. The van der Waals surface area contributed by atoms with Gasteiger partial charge in [-0.15, -0.1) is 0 Å². The molecular formula is C19H31NO3. The van der Waals surface area contributed by atoms with Crippen LogP contribution in [-0.4, -0.2) is 50.8 Å². The number of carbonyl (C=O) groups excluding carboxylic acids is 1. The Morgan fingerprint density at radius 2 is 2.17 bits per heavy atom. The van der Waals surface area contributed by atoms with E-state index in [1.807, 2.05) is 0 Å². The van der Waals surface area contributed by atoms with Crippen molar-refractivity contribution >= 4 is 5.91 Å². The van der Waals surface area contributed by atoms with E-state index in [4.69, 9.17) is 9.47 Å². The molecule has 0 aromatic rings. The van der Waals surface area contributed by atoms with Crippen molar-refractivity contribution in [3.8, 4) is 0 Å². The van der Waals surface area contributed by atoms with Gasteiger partial charge in [0.2, 0.25) is 5.91 Å². The van der Waals surface area contributed by atoms with Crippen molar-refractivity contribution in [3.63, 3.8) is 0 Å². The average Bonchev–Trinajstić information content (AvgIpc) is 2.59. The summed E-state index contributed by atoms with van der Waals surface area (Å²) in [5, 5.41) is 0. The molecule has 2 fully saturated rings. The molecule has 0 N–H and O–H groups in total. The molecule has 4 heteroatoms. The first-order valence-electron chi connectivity index (χ1n) is 9.26. The number of carbonyl (C=O) groups is 1.